The second-order valence-electron chi connectivity index (χ2n) is 32.5. The van der Waals surface area contributed by atoms with Crippen molar-refractivity contribution in [2.75, 3.05) is 39.6 Å². The molecule has 0 saturated carbocycles. The SMILES string of the molecule is CCCCCCCCCCCCCCCCCCCCCCCC(=O)O[C@H](COC(=O)CCCCCCCCCCCCCCCCCCCCC)COP(=O)(O)OC[C@@H](O)COP(=O)(O)OC[C@@H](COC(=O)CCCCCCCCCCCCCCC)OC(=O)CCCCCCCCCCCCCCC(C)C. The highest BCUT2D eigenvalue weighted by Crippen LogP contribution is 2.45. The zero-order valence-corrected chi connectivity index (χ0v) is 72.8. The number of phosphoric ester groups is 2. The van der Waals surface area contributed by atoms with E-state index in [4.69, 9.17) is 37.0 Å². The minimum Gasteiger partial charge on any atom is -0.462 e. The van der Waals surface area contributed by atoms with Crippen molar-refractivity contribution >= 4 is 39.5 Å². The lowest BCUT2D eigenvalue weighted by Crippen LogP contribution is -2.30. The molecule has 0 aromatic carbocycles. The first kappa shape index (κ1) is 106. The van der Waals surface area contributed by atoms with Crippen LogP contribution in [0.2, 0.25) is 0 Å². The predicted octanol–water partition coefficient (Wildman–Crippen LogP) is 27.5. The Labute approximate surface area is 664 Å². The molecule has 0 amide bonds. The highest BCUT2D eigenvalue weighted by Gasteiger charge is 2.30. The average Bonchev–Trinajstić information content (AvgIpc) is 0.899. The summed E-state index contributed by atoms with van der Waals surface area (Å²) >= 11 is 0. The van der Waals surface area contributed by atoms with Gasteiger partial charge in [-0.15, -0.1) is 0 Å². The van der Waals surface area contributed by atoms with Crippen LogP contribution in [0, 0.1) is 5.92 Å². The minimum absolute atomic E-state index is 0.108. The van der Waals surface area contributed by atoms with Crippen LogP contribution in [0.5, 0.6) is 0 Å². The van der Waals surface area contributed by atoms with Gasteiger partial charge in [-0.2, -0.15) is 0 Å². The van der Waals surface area contributed by atoms with Gasteiger partial charge in [-0.05, 0) is 31.6 Å². The summed E-state index contributed by atoms with van der Waals surface area (Å²) in [4.78, 5) is 73.4. The molecule has 3 N–H and O–H groups in total. The number of hydrogen-bond acceptors (Lipinski definition) is 15. The van der Waals surface area contributed by atoms with Crippen LogP contribution < -0.4 is 0 Å². The maximum absolute atomic E-state index is 13.2. The molecule has 0 heterocycles. The molecule has 5 atom stereocenters. The Morgan fingerprint density at radius 2 is 0.426 bits per heavy atom. The molecule has 19 heteroatoms. The zero-order valence-electron chi connectivity index (χ0n) is 71.0. The number of hydrogen-bond donors (Lipinski definition) is 3. The first-order valence-electron chi connectivity index (χ1n) is 46.1. The molecule has 0 aliphatic carbocycles. The van der Waals surface area contributed by atoms with Crippen molar-refractivity contribution in [3.05, 3.63) is 0 Å². The summed E-state index contributed by atoms with van der Waals surface area (Å²) in [5.74, 6) is -1.32. The van der Waals surface area contributed by atoms with E-state index in [1.807, 2.05) is 0 Å². The summed E-state index contributed by atoms with van der Waals surface area (Å²) in [7, 11) is -9.93. The Bertz CT molecular complexity index is 2050. The van der Waals surface area contributed by atoms with Crippen LogP contribution in [-0.4, -0.2) is 96.7 Å². The van der Waals surface area contributed by atoms with E-state index in [9.17, 15) is 43.2 Å². The highest BCUT2D eigenvalue weighted by atomic mass is 31.2. The van der Waals surface area contributed by atoms with Crippen molar-refractivity contribution in [3.8, 4) is 0 Å². The average molecular weight is 1580 g/mol. The van der Waals surface area contributed by atoms with Crippen molar-refractivity contribution < 1.29 is 80.2 Å². The van der Waals surface area contributed by atoms with Crippen molar-refractivity contribution in [1.82, 2.24) is 0 Å². The minimum atomic E-state index is -4.97. The third kappa shape index (κ3) is 82.1. The van der Waals surface area contributed by atoms with Crippen molar-refractivity contribution in [1.29, 1.82) is 0 Å². The Hall–Kier alpha value is -1.94. The van der Waals surface area contributed by atoms with E-state index in [-0.39, 0.29) is 25.7 Å². The first-order chi connectivity index (χ1) is 52.5. The van der Waals surface area contributed by atoms with E-state index < -0.39 is 97.5 Å². The summed E-state index contributed by atoms with van der Waals surface area (Å²) in [5, 5.41) is 10.7. The van der Waals surface area contributed by atoms with Crippen LogP contribution in [-0.2, 0) is 65.4 Å². The van der Waals surface area contributed by atoms with Crippen LogP contribution in [0.25, 0.3) is 0 Å². The standard InChI is InChI=1S/C89H174O17P2/c1-6-9-12-15-18-21-24-27-29-31-33-34-36-38-40-43-49-54-59-64-69-74-88(93)105-84(79-100-87(92)73-68-63-58-53-48-42-39-37-35-32-30-28-25-22-19-16-13-10-7-2)80-103-107(95,96)101-76-83(90)77-102-108(97,98)104-81-85(78-99-86(91)72-67-62-57-52-47-41-26-23-20-17-14-11-8-3)106-89(94)75-70-65-60-55-50-45-44-46-51-56-61-66-71-82(4)5/h82-85,90H,6-81H2,1-5H3,(H,95,96)(H,97,98)/t83-,84-,85-/m1/s1. The lowest BCUT2D eigenvalue weighted by molar-refractivity contribution is -0.161. The summed E-state index contributed by atoms with van der Waals surface area (Å²) in [6.45, 7) is 7.40. The van der Waals surface area contributed by atoms with E-state index in [0.29, 0.717) is 25.7 Å². The van der Waals surface area contributed by atoms with E-state index in [1.54, 1.807) is 0 Å². The van der Waals surface area contributed by atoms with E-state index in [0.717, 1.165) is 95.8 Å². The number of phosphoric acid groups is 2. The molecule has 108 heavy (non-hydrogen) atoms. The largest absolute Gasteiger partial charge is 0.472 e. The van der Waals surface area contributed by atoms with Gasteiger partial charge >= 0.3 is 39.5 Å². The van der Waals surface area contributed by atoms with Gasteiger partial charge in [0.1, 0.15) is 19.3 Å². The van der Waals surface area contributed by atoms with Crippen LogP contribution in [0.3, 0.4) is 0 Å². The van der Waals surface area contributed by atoms with Gasteiger partial charge in [0.05, 0.1) is 26.4 Å². The molecule has 0 saturated heterocycles. The number of carbonyl (C=O) groups is 4. The molecule has 0 aliphatic rings. The molecular weight excluding hydrogens is 1400 g/mol. The molecule has 0 fully saturated rings. The molecular formula is C89H174O17P2. The van der Waals surface area contributed by atoms with E-state index in [2.05, 4.69) is 34.6 Å². The Morgan fingerprint density at radius 1 is 0.250 bits per heavy atom. The number of aliphatic hydroxyl groups excluding tert-OH is 1. The van der Waals surface area contributed by atoms with Crippen LogP contribution in [0.4, 0.5) is 0 Å². The Morgan fingerprint density at radius 3 is 0.630 bits per heavy atom. The third-order valence-electron chi connectivity index (χ3n) is 21.0. The van der Waals surface area contributed by atoms with Gasteiger partial charge in [-0.3, -0.25) is 37.3 Å². The number of rotatable bonds is 89. The number of esters is 4. The maximum Gasteiger partial charge on any atom is 0.472 e. The molecule has 0 radical (unpaired) electrons. The molecule has 0 rings (SSSR count). The molecule has 2 unspecified atom stereocenters. The van der Waals surface area contributed by atoms with Crippen LogP contribution >= 0.6 is 15.6 Å². The molecule has 0 aromatic rings. The van der Waals surface area contributed by atoms with Crippen molar-refractivity contribution in [2.24, 2.45) is 5.92 Å². The fourth-order valence-corrected chi connectivity index (χ4v) is 15.6. The molecule has 17 nitrogen and oxygen atoms in total. The van der Waals surface area contributed by atoms with E-state index >= 15 is 0 Å². The Kier molecular flexibility index (Phi) is 80.2. The lowest BCUT2D eigenvalue weighted by atomic mass is 10.0. The zero-order chi connectivity index (χ0) is 79.0. The summed E-state index contributed by atoms with van der Waals surface area (Å²) in [5.41, 5.74) is 0. The molecule has 0 aromatic heterocycles. The van der Waals surface area contributed by atoms with Gasteiger partial charge in [-0.1, -0.05) is 433 Å². The molecule has 0 bridgehead atoms. The number of unbranched alkanes of at least 4 members (excludes halogenated alkanes) is 61. The summed E-state index contributed by atoms with van der Waals surface area (Å²) in [6, 6.07) is 0. The fourth-order valence-electron chi connectivity index (χ4n) is 14.0. The molecule has 642 valence electrons. The van der Waals surface area contributed by atoms with E-state index in [1.165, 1.54) is 308 Å². The number of ether oxygens (including phenoxy) is 4. The van der Waals surface area contributed by atoms with Gasteiger partial charge in [0.15, 0.2) is 12.2 Å². The second-order valence-corrected chi connectivity index (χ2v) is 35.4. The van der Waals surface area contributed by atoms with Gasteiger partial charge in [0, 0.05) is 25.7 Å². The Balaban J connectivity index is 5.25. The lowest BCUT2D eigenvalue weighted by Gasteiger charge is -2.21. The molecule has 0 aliphatic heterocycles. The highest BCUT2D eigenvalue weighted by molar-refractivity contribution is 7.47. The predicted molar refractivity (Wildman–Crippen MR) is 446 cm³/mol. The first-order valence-corrected chi connectivity index (χ1v) is 49.1. The molecule has 0 spiro atoms. The monoisotopic (exact) mass is 1580 g/mol. The van der Waals surface area contributed by atoms with Crippen LogP contribution in [0.1, 0.15) is 484 Å². The summed E-state index contributed by atoms with van der Waals surface area (Å²) < 4.78 is 69.0. The van der Waals surface area contributed by atoms with Gasteiger partial charge < -0.3 is 33.8 Å². The third-order valence-corrected chi connectivity index (χ3v) is 22.9. The second kappa shape index (κ2) is 81.6. The normalized spacial score (nSPS) is 13.7. The smallest absolute Gasteiger partial charge is 0.462 e. The van der Waals surface area contributed by atoms with Gasteiger partial charge in [0.25, 0.3) is 0 Å². The summed E-state index contributed by atoms with van der Waals surface area (Å²) in [6.07, 6.45) is 76.4. The van der Waals surface area contributed by atoms with Gasteiger partial charge in [-0.25, -0.2) is 9.13 Å². The number of aliphatic hydroxyl groups is 1. The van der Waals surface area contributed by atoms with Gasteiger partial charge in [0.2, 0.25) is 0 Å². The van der Waals surface area contributed by atoms with Crippen LogP contribution in [0.15, 0.2) is 0 Å². The fraction of sp³-hybridized carbons (Fsp3) is 0.955. The van der Waals surface area contributed by atoms with Crippen molar-refractivity contribution in [2.45, 2.75) is 502 Å². The number of carbonyl (C=O) groups excluding carboxylic acids is 4. The quantitative estimate of drug-likeness (QED) is 0.0222. The maximum atomic E-state index is 13.2. The van der Waals surface area contributed by atoms with Crippen molar-refractivity contribution in [3.63, 3.8) is 0 Å². The topological polar surface area (TPSA) is 237 Å².